The van der Waals surface area contributed by atoms with Gasteiger partial charge in [-0.05, 0) is 51.3 Å². The summed E-state index contributed by atoms with van der Waals surface area (Å²) in [5.74, 6) is -12.9. The van der Waals surface area contributed by atoms with E-state index in [4.69, 9.17) is 9.47 Å². The Morgan fingerprint density at radius 2 is 1.60 bits per heavy atom. The summed E-state index contributed by atoms with van der Waals surface area (Å²) in [6.07, 6.45) is -0.168. The van der Waals surface area contributed by atoms with Crippen LogP contribution in [0.4, 0.5) is 27.6 Å². The van der Waals surface area contributed by atoms with E-state index in [-0.39, 0.29) is 43.2 Å². The SMILES string of the molecule is CC(C)(C)OC(=O)CCCOc1c(CCC(=O)Oc2c(F)c(F)cc(F)c2F)ccc(N2C(=O)C=CC2O)c1F. The molecule has 1 amide bonds. The molecule has 0 radical (unpaired) electrons. The van der Waals surface area contributed by atoms with E-state index in [2.05, 4.69) is 4.74 Å². The molecule has 2 aromatic rings. The van der Waals surface area contributed by atoms with Crippen molar-refractivity contribution >= 4 is 23.5 Å². The molecule has 2 aromatic carbocycles. The molecule has 216 valence electrons. The summed E-state index contributed by atoms with van der Waals surface area (Å²) in [4.78, 5) is 37.1. The van der Waals surface area contributed by atoms with Crippen LogP contribution in [-0.2, 0) is 25.5 Å². The Labute approximate surface area is 225 Å². The maximum absolute atomic E-state index is 15.6. The molecule has 1 unspecified atom stereocenters. The molecule has 40 heavy (non-hydrogen) atoms. The van der Waals surface area contributed by atoms with E-state index in [0.29, 0.717) is 0 Å². The molecule has 0 saturated heterocycles. The van der Waals surface area contributed by atoms with Crippen LogP contribution in [0.1, 0.15) is 45.6 Å². The van der Waals surface area contributed by atoms with Gasteiger partial charge in [-0.15, -0.1) is 0 Å². The molecule has 0 bridgehead atoms. The zero-order valence-corrected chi connectivity index (χ0v) is 21.7. The van der Waals surface area contributed by atoms with Gasteiger partial charge >= 0.3 is 11.9 Å². The largest absolute Gasteiger partial charge is 0.490 e. The third-order valence-corrected chi connectivity index (χ3v) is 5.41. The first-order chi connectivity index (χ1) is 18.7. The van der Waals surface area contributed by atoms with Crippen molar-refractivity contribution in [2.45, 2.75) is 58.3 Å². The fraction of sp³-hybridized carbons (Fsp3) is 0.370. The minimum Gasteiger partial charge on any atom is -0.490 e. The number of carbonyl (C=O) groups is 3. The Morgan fingerprint density at radius 3 is 2.17 bits per heavy atom. The summed E-state index contributed by atoms with van der Waals surface area (Å²) in [7, 11) is 0. The van der Waals surface area contributed by atoms with Crippen LogP contribution < -0.4 is 14.4 Å². The third-order valence-electron chi connectivity index (χ3n) is 5.41. The van der Waals surface area contributed by atoms with Crippen LogP contribution >= 0.6 is 0 Å². The molecule has 13 heteroatoms. The molecule has 0 spiro atoms. The summed E-state index contributed by atoms with van der Waals surface area (Å²) in [6.45, 7) is 4.88. The molecular weight excluding hydrogens is 545 g/mol. The number of aliphatic hydroxyl groups excluding tert-OH is 1. The minimum atomic E-state index is -1.90. The van der Waals surface area contributed by atoms with Crippen LogP contribution in [0.15, 0.2) is 30.4 Å². The lowest BCUT2D eigenvalue weighted by atomic mass is 10.1. The van der Waals surface area contributed by atoms with Crippen LogP contribution in [0.3, 0.4) is 0 Å². The number of esters is 2. The van der Waals surface area contributed by atoms with E-state index in [0.717, 1.165) is 23.1 Å². The Kier molecular flexibility index (Phi) is 9.51. The molecule has 3 rings (SSSR count). The number of amides is 1. The van der Waals surface area contributed by atoms with Crippen molar-refractivity contribution in [3.63, 3.8) is 0 Å². The van der Waals surface area contributed by atoms with Gasteiger partial charge in [0, 0.05) is 18.6 Å². The summed E-state index contributed by atoms with van der Waals surface area (Å²) >= 11 is 0. The van der Waals surface area contributed by atoms with E-state index >= 15 is 4.39 Å². The van der Waals surface area contributed by atoms with Crippen LogP contribution in [0.25, 0.3) is 0 Å². The smallest absolute Gasteiger partial charge is 0.311 e. The van der Waals surface area contributed by atoms with Crippen molar-refractivity contribution in [3.8, 4) is 11.5 Å². The second kappa shape index (κ2) is 12.5. The van der Waals surface area contributed by atoms with E-state index in [9.17, 15) is 37.1 Å². The monoisotopic (exact) mass is 571 g/mol. The molecule has 8 nitrogen and oxygen atoms in total. The first-order valence-electron chi connectivity index (χ1n) is 12.1. The van der Waals surface area contributed by atoms with Crippen LogP contribution in [0.2, 0.25) is 0 Å². The van der Waals surface area contributed by atoms with Crippen molar-refractivity contribution in [3.05, 3.63) is 65.0 Å². The van der Waals surface area contributed by atoms with Gasteiger partial charge in [0.1, 0.15) is 5.60 Å². The van der Waals surface area contributed by atoms with E-state index in [1.807, 2.05) is 0 Å². The van der Waals surface area contributed by atoms with Gasteiger partial charge < -0.3 is 19.3 Å². The lowest BCUT2D eigenvalue weighted by Crippen LogP contribution is -2.34. The summed E-state index contributed by atoms with van der Waals surface area (Å²) < 4.78 is 85.3. The number of ether oxygens (including phenoxy) is 3. The van der Waals surface area contributed by atoms with Gasteiger partial charge in [0.25, 0.3) is 5.91 Å². The standard InChI is InChI=1S/C27H26F5NO7/c1-27(2,3)40-21(37)5-4-12-38-25-14(6-8-17(24(25)32)33-18(34)9-10-19(33)35)7-11-20(36)39-26-22(30)15(28)13-16(29)23(26)31/h6,8-10,13,18,34H,4-5,7,11-12H2,1-3H3. The summed E-state index contributed by atoms with van der Waals surface area (Å²) in [6, 6.07) is 2.39. The van der Waals surface area contributed by atoms with Gasteiger partial charge in [-0.1, -0.05) is 6.07 Å². The van der Waals surface area contributed by atoms with Crippen molar-refractivity contribution in [2.75, 3.05) is 11.5 Å². The highest BCUT2D eigenvalue weighted by Crippen LogP contribution is 2.35. The minimum absolute atomic E-state index is 0.0453. The van der Waals surface area contributed by atoms with Gasteiger partial charge in [0.2, 0.25) is 17.4 Å². The van der Waals surface area contributed by atoms with E-state index in [1.165, 1.54) is 6.07 Å². The predicted octanol–water partition coefficient (Wildman–Crippen LogP) is 4.64. The van der Waals surface area contributed by atoms with Crippen molar-refractivity contribution < 1.29 is 55.7 Å². The number of anilines is 1. The molecule has 1 heterocycles. The molecule has 1 aliphatic rings. The van der Waals surface area contributed by atoms with Crippen molar-refractivity contribution in [1.29, 1.82) is 0 Å². The number of benzene rings is 2. The second-order valence-electron chi connectivity index (χ2n) is 9.68. The zero-order chi connectivity index (χ0) is 29.8. The Hall–Kier alpha value is -4.00. The van der Waals surface area contributed by atoms with Gasteiger partial charge in [-0.25, -0.2) is 13.2 Å². The highest BCUT2D eigenvalue weighted by molar-refractivity contribution is 6.04. The average molecular weight is 571 g/mol. The lowest BCUT2D eigenvalue weighted by molar-refractivity contribution is -0.155. The second-order valence-corrected chi connectivity index (χ2v) is 9.68. The fourth-order valence-electron chi connectivity index (χ4n) is 3.68. The van der Waals surface area contributed by atoms with Crippen molar-refractivity contribution in [2.24, 2.45) is 0 Å². The highest BCUT2D eigenvalue weighted by atomic mass is 19.2. The topological polar surface area (TPSA) is 102 Å². The zero-order valence-electron chi connectivity index (χ0n) is 21.7. The number of halogens is 5. The van der Waals surface area contributed by atoms with Crippen LogP contribution in [0.5, 0.6) is 11.5 Å². The average Bonchev–Trinajstić information content (AvgIpc) is 3.19. The van der Waals surface area contributed by atoms with E-state index in [1.54, 1.807) is 20.8 Å². The third kappa shape index (κ3) is 7.34. The number of hydrogen-bond donors (Lipinski definition) is 1. The van der Waals surface area contributed by atoms with E-state index < -0.39 is 76.7 Å². The first kappa shape index (κ1) is 30.5. The molecule has 0 fully saturated rings. The number of carbonyl (C=O) groups excluding carboxylic acids is 3. The number of aryl methyl sites for hydroxylation is 1. The van der Waals surface area contributed by atoms with Gasteiger partial charge in [-0.2, -0.15) is 8.78 Å². The summed E-state index contributed by atoms with van der Waals surface area (Å²) in [5.41, 5.74) is -0.994. The Morgan fingerprint density at radius 1 is 0.950 bits per heavy atom. The van der Waals surface area contributed by atoms with Gasteiger partial charge in [-0.3, -0.25) is 19.3 Å². The highest BCUT2D eigenvalue weighted by Gasteiger charge is 2.30. The molecule has 0 aliphatic carbocycles. The predicted molar refractivity (Wildman–Crippen MR) is 130 cm³/mol. The molecule has 1 atom stereocenters. The molecule has 0 saturated carbocycles. The van der Waals surface area contributed by atoms with Crippen LogP contribution in [0, 0.1) is 29.1 Å². The van der Waals surface area contributed by atoms with Crippen LogP contribution in [-0.4, -0.2) is 41.4 Å². The number of rotatable bonds is 10. The fourth-order valence-corrected chi connectivity index (χ4v) is 3.68. The lowest BCUT2D eigenvalue weighted by Gasteiger charge is -2.23. The maximum atomic E-state index is 15.6. The normalized spacial score (nSPS) is 15.0. The Bertz CT molecular complexity index is 1310. The molecular formula is C27H26F5NO7. The number of nitrogens with zero attached hydrogens (tertiary/aromatic N) is 1. The number of aliphatic hydroxyl groups is 1. The maximum Gasteiger partial charge on any atom is 0.311 e. The molecule has 1 aliphatic heterocycles. The summed E-state index contributed by atoms with van der Waals surface area (Å²) in [5, 5.41) is 10.0. The number of hydrogen-bond acceptors (Lipinski definition) is 7. The van der Waals surface area contributed by atoms with Crippen molar-refractivity contribution in [1.82, 2.24) is 0 Å². The Balaban J connectivity index is 1.78. The first-order valence-corrected chi connectivity index (χ1v) is 12.1. The molecule has 0 aromatic heterocycles. The van der Waals surface area contributed by atoms with Gasteiger partial charge in [0.15, 0.2) is 29.4 Å². The van der Waals surface area contributed by atoms with Gasteiger partial charge in [0.05, 0.1) is 18.7 Å². The molecule has 1 N–H and O–H groups in total. The quantitative estimate of drug-likeness (QED) is 0.146.